The van der Waals surface area contributed by atoms with Crippen LogP contribution in [0, 0.1) is 0 Å². The third kappa shape index (κ3) is 3.29. The van der Waals surface area contributed by atoms with Crippen LogP contribution in [0.4, 0.5) is 5.82 Å². The van der Waals surface area contributed by atoms with Crippen LogP contribution < -0.4 is 5.73 Å². The molecule has 0 saturated carbocycles. The number of hydrogen-bond acceptors (Lipinski definition) is 9. The van der Waals surface area contributed by atoms with Gasteiger partial charge in [0.25, 0.3) is 0 Å². The Balaban J connectivity index is 1.85. The minimum Gasteiger partial charge on any atom is -0.387 e. The number of aromatic nitrogens is 4. The molecule has 13 heteroatoms. The molecule has 0 amide bonds. The molecule has 4 atom stereocenters. The molecule has 10 nitrogen and oxygen atoms in total. The van der Waals surface area contributed by atoms with E-state index in [1.807, 2.05) is 0 Å². The zero-order valence-corrected chi connectivity index (χ0v) is 13.8. The number of aliphatic hydroxyl groups excluding tert-OH is 2. The number of nitrogen functional groups attached to an aromatic ring is 1. The van der Waals surface area contributed by atoms with Gasteiger partial charge in [-0.15, -0.1) is 0 Å². The third-order valence-electron chi connectivity index (χ3n) is 3.39. The highest BCUT2D eigenvalue weighted by molar-refractivity contribution is 8.05. The summed E-state index contributed by atoms with van der Waals surface area (Å²) in [5.41, 5.74) is 6.36. The molecule has 4 N–H and O–H groups in total. The van der Waals surface area contributed by atoms with Gasteiger partial charge >= 0.3 is 6.07 Å². The van der Waals surface area contributed by atoms with Gasteiger partial charge in [-0.2, -0.15) is 0 Å². The molecule has 0 aliphatic carbocycles. The summed E-state index contributed by atoms with van der Waals surface area (Å²) in [6, 6.07) is 0. The maximum atomic E-state index is 11.1. The first-order valence-corrected chi connectivity index (χ1v) is 9.80. The second kappa shape index (κ2) is 6.14. The zero-order valence-electron chi connectivity index (χ0n) is 11.4. The molecule has 3 rings (SSSR count). The monoisotopic (exact) mass is 383 g/mol. The molecule has 1 aliphatic rings. The number of halogens is 2. The number of hydrogen-bond donors (Lipinski definition) is 3. The summed E-state index contributed by atoms with van der Waals surface area (Å²) in [5.74, 6) is 0.173. The molecule has 0 unspecified atom stereocenters. The summed E-state index contributed by atoms with van der Waals surface area (Å²) in [4.78, 5) is 11.9. The number of imidazole rings is 1. The first-order valence-electron chi connectivity index (χ1n) is 6.36. The molecular formula is C10H12Cl2N5O5P. The van der Waals surface area contributed by atoms with Crippen molar-refractivity contribution in [3.8, 4) is 0 Å². The van der Waals surface area contributed by atoms with E-state index < -0.39 is 30.6 Å². The molecular weight excluding hydrogens is 372 g/mol. The van der Waals surface area contributed by atoms with Crippen LogP contribution in [0.2, 0.25) is 0 Å². The Kier molecular flexibility index (Phi) is 4.49. The van der Waals surface area contributed by atoms with E-state index in [4.69, 9.17) is 37.5 Å². The van der Waals surface area contributed by atoms with Crippen LogP contribution in [0.15, 0.2) is 12.7 Å². The minimum absolute atomic E-state index is 0.173. The van der Waals surface area contributed by atoms with Crippen LogP contribution in [-0.4, -0.2) is 54.7 Å². The lowest BCUT2D eigenvalue weighted by Crippen LogP contribution is -2.33. The van der Waals surface area contributed by atoms with Crippen molar-refractivity contribution in [2.24, 2.45) is 0 Å². The highest BCUT2D eigenvalue weighted by Gasteiger charge is 2.45. The number of ether oxygens (including phenoxy) is 1. The van der Waals surface area contributed by atoms with E-state index in [-0.39, 0.29) is 12.4 Å². The van der Waals surface area contributed by atoms with E-state index in [1.165, 1.54) is 17.2 Å². The Hall–Kier alpha value is -1.00. The predicted molar refractivity (Wildman–Crippen MR) is 80.9 cm³/mol. The summed E-state index contributed by atoms with van der Waals surface area (Å²) >= 11 is 10.6. The number of anilines is 1. The van der Waals surface area contributed by atoms with Gasteiger partial charge in [0.2, 0.25) is 0 Å². The van der Waals surface area contributed by atoms with Crippen LogP contribution in [0.25, 0.3) is 11.2 Å². The maximum absolute atomic E-state index is 11.1. The average molecular weight is 384 g/mol. The van der Waals surface area contributed by atoms with Gasteiger partial charge in [-0.3, -0.25) is 9.13 Å². The van der Waals surface area contributed by atoms with Crippen molar-refractivity contribution >= 4 is 45.5 Å². The van der Waals surface area contributed by atoms with Gasteiger partial charge in [0.05, 0.1) is 12.9 Å². The van der Waals surface area contributed by atoms with Crippen molar-refractivity contribution in [1.82, 2.24) is 19.5 Å². The number of aliphatic hydroxyl groups is 2. The Bertz CT molecular complexity index is 769. The zero-order chi connectivity index (χ0) is 16.8. The predicted octanol–water partition coefficient (Wildman–Crippen LogP) is 0.630. The van der Waals surface area contributed by atoms with E-state index in [2.05, 4.69) is 15.0 Å². The summed E-state index contributed by atoms with van der Waals surface area (Å²) in [5, 5.41) is 20.2. The molecule has 1 aliphatic heterocycles. The van der Waals surface area contributed by atoms with E-state index in [1.54, 1.807) is 0 Å². The highest BCUT2D eigenvalue weighted by Crippen LogP contribution is 2.57. The Morgan fingerprint density at radius 3 is 2.78 bits per heavy atom. The second-order valence-corrected chi connectivity index (χ2v) is 9.12. The fourth-order valence-corrected chi connectivity index (χ4v) is 2.97. The molecule has 0 spiro atoms. The van der Waals surface area contributed by atoms with E-state index in [9.17, 15) is 14.8 Å². The van der Waals surface area contributed by atoms with Gasteiger partial charge in [0, 0.05) is 0 Å². The van der Waals surface area contributed by atoms with Crippen molar-refractivity contribution in [3.05, 3.63) is 12.7 Å². The third-order valence-corrected chi connectivity index (χ3v) is 4.42. The standard InChI is InChI=1S/C10H12Cl2N5O5P/c11-23(12,20)21-1-4-6(18)7(19)10(22-4)17-3-16-5-8(13)14-2-15-9(5)17/h2-4,6-7,10,18-19H,1H2,(H2,13,14,15)/t4-,6-,7-,10-/m1/s1. The Morgan fingerprint density at radius 1 is 1.35 bits per heavy atom. The molecule has 126 valence electrons. The maximum Gasteiger partial charge on any atom is 0.380 e. The van der Waals surface area contributed by atoms with Crippen LogP contribution in [0.1, 0.15) is 6.23 Å². The molecule has 0 radical (unpaired) electrons. The topological polar surface area (TPSA) is 146 Å². The quantitative estimate of drug-likeness (QED) is 0.646. The van der Waals surface area contributed by atoms with Gasteiger partial charge in [-0.1, -0.05) is 0 Å². The molecule has 0 aromatic carbocycles. The molecule has 1 saturated heterocycles. The van der Waals surface area contributed by atoms with Crippen molar-refractivity contribution in [2.75, 3.05) is 12.3 Å². The summed E-state index contributed by atoms with van der Waals surface area (Å²) in [6.07, 6.45) is -5.78. The van der Waals surface area contributed by atoms with Gasteiger partial charge in [0.15, 0.2) is 17.7 Å². The van der Waals surface area contributed by atoms with Gasteiger partial charge in [-0.05, 0) is 22.5 Å². The molecule has 1 fully saturated rings. The normalized spacial score (nSPS) is 28.5. The SMILES string of the molecule is Nc1ncnc2c1ncn2[C@@H]1O[C@H](COP(=O)(Cl)Cl)[C@@H](O)[C@H]1O. The lowest BCUT2D eigenvalue weighted by atomic mass is 10.1. The molecule has 2 aromatic heterocycles. The van der Waals surface area contributed by atoms with E-state index in [0.29, 0.717) is 11.2 Å². The van der Waals surface area contributed by atoms with E-state index in [0.717, 1.165) is 0 Å². The Labute approximate surface area is 139 Å². The Morgan fingerprint density at radius 2 is 2.09 bits per heavy atom. The van der Waals surface area contributed by atoms with E-state index >= 15 is 0 Å². The first kappa shape index (κ1) is 16.8. The summed E-state index contributed by atoms with van der Waals surface area (Å²) in [7, 11) is 0. The number of nitrogens with zero attached hydrogens (tertiary/aromatic N) is 4. The van der Waals surface area contributed by atoms with Crippen molar-refractivity contribution in [2.45, 2.75) is 24.5 Å². The van der Waals surface area contributed by atoms with Gasteiger partial charge in [0.1, 0.15) is 30.2 Å². The van der Waals surface area contributed by atoms with Gasteiger partial charge < -0.3 is 25.2 Å². The largest absolute Gasteiger partial charge is 0.387 e. The van der Waals surface area contributed by atoms with Crippen LogP contribution >= 0.6 is 28.6 Å². The minimum atomic E-state index is -3.77. The van der Waals surface area contributed by atoms with Crippen LogP contribution in [0.3, 0.4) is 0 Å². The van der Waals surface area contributed by atoms with Gasteiger partial charge in [-0.25, -0.2) is 15.0 Å². The lowest BCUT2D eigenvalue weighted by Gasteiger charge is -2.16. The van der Waals surface area contributed by atoms with Crippen molar-refractivity contribution in [3.63, 3.8) is 0 Å². The number of fused-ring (bicyclic) bond motifs is 1. The fraction of sp³-hybridized carbons (Fsp3) is 0.500. The fourth-order valence-electron chi connectivity index (χ4n) is 2.31. The first-order chi connectivity index (χ1) is 10.8. The number of nitrogens with two attached hydrogens (primary N) is 1. The molecule has 23 heavy (non-hydrogen) atoms. The molecule has 3 heterocycles. The smallest absolute Gasteiger partial charge is 0.380 e. The van der Waals surface area contributed by atoms with Crippen molar-refractivity contribution < 1.29 is 24.0 Å². The van der Waals surface area contributed by atoms with Crippen LogP contribution in [0.5, 0.6) is 0 Å². The highest BCUT2D eigenvalue weighted by atomic mass is 35.9. The summed E-state index contributed by atoms with van der Waals surface area (Å²) < 4.78 is 22.8. The molecule has 2 aromatic rings. The average Bonchev–Trinajstić information content (AvgIpc) is 3.01. The lowest BCUT2D eigenvalue weighted by molar-refractivity contribution is -0.0465. The van der Waals surface area contributed by atoms with Crippen LogP contribution in [-0.2, 0) is 13.8 Å². The number of rotatable bonds is 4. The molecule has 0 bridgehead atoms. The summed E-state index contributed by atoms with van der Waals surface area (Å²) in [6.45, 7) is -0.358. The van der Waals surface area contributed by atoms with Crippen molar-refractivity contribution in [1.29, 1.82) is 0 Å². The second-order valence-electron chi connectivity index (χ2n) is 4.84.